The van der Waals surface area contributed by atoms with Gasteiger partial charge in [0.05, 0.1) is 16.6 Å². The molecule has 3 aromatic carbocycles. The number of anilines is 1. The van der Waals surface area contributed by atoms with Crippen LogP contribution in [-0.2, 0) is 27.7 Å². The third-order valence-corrected chi connectivity index (χ3v) is 12.8. The van der Waals surface area contributed by atoms with Crippen LogP contribution < -0.4 is 15.5 Å². The van der Waals surface area contributed by atoms with E-state index >= 15 is 0 Å². The molecule has 5 aromatic rings. The van der Waals surface area contributed by atoms with Crippen molar-refractivity contribution in [3.63, 3.8) is 0 Å². The van der Waals surface area contributed by atoms with E-state index in [0.29, 0.717) is 56.5 Å². The molecule has 5 rings (SSSR count). The van der Waals surface area contributed by atoms with E-state index in [9.17, 15) is 9.59 Å². The average Bonchev–Trinajstić information content (AvgIpc) is 3.67. The van der Waals surface area contributed by atoms with Gasteiger partial charge in [0.15, 0.2) is 5.82 Å². The Balaban J connectivity index is 1.50. The van der Waals surface area contributed by atoms with Gasteiger partial charge in [-0.1, -0.05) is 57.5 Å². The quantitative estimate of drug-likeness (QED) is 0.0664. The van der Waals surface area contributed by atoms with Crippen molar-refractivity contribution in [2.24, 2.45) is 0 Å². The molecule has 12 nitrogen and oxygen atoms in total. The van der Waals surface area contributed by atoms with Gasteiger partial charge < -0.3 is 29.7 Å². The zero-order valence-corrected chi connectivity index (χ0v) is 37.9. The number of fused-ring (bicyclic) bond motifs is 2. The van der Waals surface area contributed by atoms with Crippen LogP contribution in [0.15, 0.2) is 60.7 Å². The lowest BCUT2D eigenvalue weighted by molar-refractivity contribution is 0.0527. The second kappa shape index (κ2) is 18.4. The highest BCUT2D eigenvalue weighted by Crippen LogP contribution is 2.34. The highest BCUT2D eigenvalue weighted by molar-refractivity contribution is 6.76. The molecule has 2 heterocycles. The number of carbonyl (C=O) groups is 2. The minimum Gasteiger partial charge on any atom is -0.444 e. The van der Waals surface area contributed by atoms with Crippen LogP contribution in [0.3, 0.4) is 0 Å². The van der Waals surface area contributed by atoms with Gasteiger partial charge in [-0.25, -0.2) is 14.5 Å². The maximum Gasteiger partial charge on any atom is 0.407 e. The number of benzene rings is 3. The Bertz CT molecular complexity index is 2140. The smallest absolute Gasteiger partial charge is 0.407 e. The van der Waals surface area contributed by atoms with E-state index in [4.69, 9.17) is 24.3 Å². The predicted molar refractivity (Wildman–Crippen MR) is 238 cm³/mol. The maximum atomic E-state index is 13.5. The second-order valence-electron chi connectivity index (χ2n) is 18.3. The summed E-state index contributed by atoms with van der Waals surface area (Å²) in [5.74, 6) is 0.446. The SMILES string of the molecule is CN(C)c1ccc(-c2ccc3nc(-c4nn(COCC[Si](C)(C)C)c5ccc(C(=O)NCCCNC(=O)OC(C)(C)C)cc45)n(COCC[Si](C)(C)C)c3c2)cc1. The molecule has 0 fully saturated rings. The number of hydrogen-bond acceptors (Lipinski definition) is 8. The molecule has 14 heteroatoms. The van der Waals surface area contributed by atoms with Gasteiger partial charge in [-0.05, 0) is 92.9 Å². The summed E-state index contributed by atoms with van der Waals surface area (Å²) >= 11 is 0. The summed E-state index contributed by atoms with van der Waals surface area (Å²) in [6, 6.07) is 22.6. The molecule has 0 saturated heterocycles. The number of nitrogens with zero attached hydrogens (tertiary/aromatic N) is 5. The topological polar surface area (TPSA) is 125 Å². The number of rotatable bonds is 18. The van der Waals surface area contributed by atoms with E-state index in [1.165, 1.54) is 0 Å². The molecular weight excluding hydrogens is 751 g/mol. The third kappa shape index (κ3) is 12.5. The summed E-state index contributed by atoms with van der Waals surface area (Å²) in [7, 11) is 1.46. The molecule has 0 aliphatic rings. The minimum absolute atomic E-state index is 0.215. The Hall–Kier alpha value is -4.51. The van der Waals surface area contributed by atoms with E-state index in [0.717, 1.165) is 50.8 Å². The zero-order chi connectivity index (χ0) is 41.5. The summed E-state index contributed by atoms with van der Waals surface area (Å²) in [5.41, 5.74) is 6.51. The molecule has 2 amide bonds. The molecule has 0 radical (unpaired) electrons. The lowest BCUT2D eigenvalue weighted by Crippen LogP contribution is -2.34. The monoisotopic (exact) mass is 813 g/mol. The van der Waals surface area contributed by atoms with Crippen LogP contribution in [0.2, 0.25) is 51.4 Å². The largest absolute Gasteiger partial charge is 0.444 e. The van der Waals surface area contributed by atoms with Gasteiger partial charge in [-0.3, -0.25) is 9.36 Å². The van der Waals surface area contributed by atoms with Crippen molar-refractivity contribution in [3.8, 4) is 22.6 Å². The fraction of sp³-hybridized carbons (Fsp3) is 0.488. The Morgan fingerprint density at radius 1 is 0.772 bits per heavy atom. The van der Waals surface area contributed by atoms with Crippen LogP contribution in [0, 0.1) is 0 Å². The first-order chi connectivity index (χ1) is 26.8. The predicted octanol–water partition coefficient (Wildman–Crippen LogP) is 9.06. The van der Waals surface area contributed by atoms with Gasteiger partial charge in [-0.2, -0.15) is 5.10 Å². The molecule has 0 bridgehead atoms. The van der Waals surface area contributed by atoms with Gasteiger partial charge in [0.25, 0.3) is 5.91 Å². The van der Waals surface area contributed by atoms with E-state index < -0.39 is 27.8 Å². The van der Waals surface area contributed by atoms with Crippen molar-refractivity contribution in [1.82, 2.24) is 30.0 Å². The zero-order valence-electron chi connectivity index (χ0n) is 35.9. The Labute approximate surface area is 340 Å². The third-order valence-electron chi connectivity index (χ3n) is 9.42. The van der Waals surface area contributed by atoms with Crippen molar-refractivity contribution >= 4 is 55.8 Å². The lowest BCUT2D eigenvalue weighted by atomic mass is 10.0. The van der Waals surface area contributed by atoms with E-state index in [1.54, 1.807) is 0 Å². The molecule has 308 valence electrons. The van der Waals surface area contributed by atoms with Crippen molar-refractivity contribution in [2.75, 3.05) is 45.3 Å². The second-order valence-corrected chi connectivity index (χ2v) is 29.6. The number of imidazole rings is 1. The maximum absolute atomic E-state index is 13.5. The van der Waals surface area contributed by atoms with Crippen LogP contribution in [0.4, 0.5) is 10.5 Å². The first kappa shape index (κ1) is 43.6. The van der Waals surface area contributed by atoms with Crippen molar-refractivity contribution in [2.45, 2.75) is 97.6 Å². The number of aromatic nitrogens is 4. The number of alkyl carbamates (subject to hydrolysis) is 1. The van der Waals surface area contributed by atoms with E-state index in [1.807, 2.05) is 57.7 Å². The lowest BCUT2D eigenvalue weighted by Gasteiger charge is -2.19. The van der Waals surface area contributed by atoms with Gasteiger partial charge in [-0.15, -0.1) is 0 Å². The van der Waals surface area contributed by atoms with Crippen LogP contribution in [0.5, 0.6) is 0 Å². The molecule has 0 saturated carbocycles. The number of amides is 2. The molecule has 0 atom stereocenters. The van der Waals surface area contributed by atoms with Crippen molar-refractivity contribution in [3.05, 3.63) is 66.2 Å². The highest BCUT2D eigenvalue weighted by atomic mass is 28.3. The molecule has 2 N–H and O–H groups in total. The highest BCUT2D eigenvalue weighted by Gasteiger charge is 2.23. The number of carbonyl (C=O) groups excluding carboxylic acids is 2. The van der Waals surface area contributed by atoms with Crippen LogP contribution in [0.25, 0.3) is 44.6 Å². The summed E-state index contributed by atoms with van der Waals surface area (Å²) in [5, 5.41) is 11.7. The summed E-state index contributed by atoms with van der Waals surface area (Å²) in [4.78, 5) is 32.8. The summed E-state index contributed by atoms with van der Waals surface area (Å²) in [6.45, 7) is 22.2. The molecule has 2 aromatic heterocycles. The van der Waals surface area contributed by atoms with Crippen molar-refractivity contribution in [1.29, 1.82) is 0 Å². The molecule has 57 heavy (non-hydrogen) atoms. The molecule has 0 aliphatic heterocycles. The normalized spacial score (nSPS) is 12.3. The number of nitrogens with one attached hydrogen (secondary N) is 2. The fourth-order valence-corrected chi connectivity index (χ4v) is 7.62. The average molecular weight is 814 g/mol. The first-order valence-corrected chi connectivity index (χ1v) is 27.4. The van der Waals surface area contributed by atoms with Crippen LogP contribution in [-0.4, -0.2) is 93.5 Å². The molecule has 0 spiro atoms. The van der Waals surface area contributed by atoms with E-state index in [-0.39, 0.29) is 12.6 Å². The molecule has 0 unspecified atom stereocenters. The fourth-order valence-electron chi connectivity index (χ4n) is 6.11. The van der Waals surface area contributed by atoms with Gasteiger partial charge >= 0.3 is 6.09 Å². The van der Waals surface area contributed by atoms with Crippen molar-refractivity contribution < 1.29 is 23.8 Å². The Kier molecular flexibility index (Phi) is 14.1. The van der Waals surface area contributed by atoms with Crippen LogP contribution >= 0.6 is 0 Å². The molecular formula is C43H63N7O5Si2. The minimum atomic E-state index is -1.33. The molecule has 0 aliphatic carbocycles. The van der Waals surface area contributed by atoms with E-state index in [2.05, 4.69) is 102 Å². The van der Waals surface area contributed by atoms with Crippen LogP contribution in [0.1, 0.15) is 37.6 Å². The standard InChI is InChI=1S/C43H63N7O5Si2/c1-43(2,3)55-42(52)45-22-12-21-44-41(51)33-16-20-37-35(27-33)39(47-50(37)30-54-24-26-57(9,10)11)40-46-36-19-15-32(31-13-17-34(18-14-31)48(4)5)28-38(36)49(40)29-53-23-25-56(6,7)8/h13-20,27-28H,12,21-26,29-30H2,1-11H3,(H,44,51)(H,45,52). The summed E-state index contributed by atoms with van der Waals surface area (Å²) < 4.78 is 21.9. The first-order valence-electron chi connectivity index (χ1n) is 20.0. The van der Waals surface area contributed by atoms with Gasteiger partial charge in [0.1, 0.15) is 24.8 Å². The Morgan fingerprint density at radius 3 is 2.04 bits per heavy atom. The number of ether oxygens (including phenoxy) is 3. The summed E-state index contributed by atoms with van der Waals surface area (Å²) in [6.07, 6.45) is 0.0740. The van der Waals surface area contributed by atoms with Gasteiger partial charge in [0.2, 0.25) is 0 Å². The van der Waals surface area contributed by atoms with Gasteiger partial charge in [0, 0.05) is 73.2 Å². The number of hydrogen-bond donors (Lipinski definition) is 2. The Morgan fingerprint density at radius 2 is 1.40 bits per heavy atom.